The topological polar surface area (TPSA) is 51.6 Å². The lowest BCUT2D eigenvalue weighted by atomic mass is 9.91. The molecule has 3 heterocycles. The van der Waals surface area contributed by atoms with E-state index < -0.39 is 0 Å². The lowest BCUT2D eigenvalue weighted by molar-refractivity contribution is 1.07. The molecule has 294 valence electrons. The number of benzene rings is 9. The van der Waals surface area contributed by atoms with Crippen LogP contribution in [0, 0.1) is 0 Å². The third kappa shape index (κ3) is 6.54. The van der Waals surface area contributed by atoms with Crippen molar-refractivity contribution in [3.63, 3.8) is 0 Å². The second kappa shape index (κ2) is 15.4. The van der Waals surface area contributed by atoms with Crippen LogP contribution in [0.25, 0.3) is 121 Å². The van der Waals surface area contributed by atoms with Crippen LogP contribution in [0.4, 0.5) is 0 Å². The highest BCUT2D eigenvalue weighted by Gasteiger charge is 2.19. The largest absolute Gasteiger partial charge is 0.246 e. The zero-order valence-electron chi connectivity index (χ0n) is 34.0. The van der Waals surface area contributed by atoms with E-state index in [-0.39, 0.29) is 0 Å². The third-order valence-electron chi connectivity index (χ3n) is 11.9. The van der Waals surface area contributed by atoms with Crippen LogP contribution in [0.15, 0.2) is 218 Å². The number of thiophene rings is 1. The standard InChI is InChI=1S/C58H36N4S/c1-4-16-37(17-5-1)44-25-13-29-49-52(44)50-30-14-26-45(54(50)59-53(49)39-18-6-2-7-19-39)42-22-12-23-43(36-42)58-61-56(40-20-8-3-9-21-40)60-57(62-58)41-34-32-38(33-35-41)46-27-15-28-48-47-24-10-11-31-51(47)63-55(46)48/h1-36H. The zero-order valence-corrected chi connectivity index (χ0v) is 34.8. The Hall–Kier alpha value is -8.12. The number of fused-ring (bicyclic) bond motifs is 6. The van der Waals surface area contributed by atoms with Crippen LogP contribution in [0.2, 0.25) is 0 Å². The molecule has 0 aliphatic heterocycles. The summed E-state index contributed by atoms with van der Waals surface area (Å²) < 4.78 is 2.59. The molecule has 12 rings (SSSR count). The van der Waals surface area contributed by atoms with Gasteiger partial charge in [-0.15, -0.1) is 11.3 Å². The SMILES string of the molecule is c1ccc(-c2nc(-c3ccc(-c4cccc5c4sc4ccccc45)cc3)nc(-c3cccc(-c4cccc5c4nc(-c4ccccc4)c4cccc(-c6ccccc6)c45)c3)n2)cc1. The van der Waals surface area contributed by atoms with Crippen LogP contribution in [-0.4, -0.2) is 19.9 Å². The Bertz CT molecular complexity index is 3660. The van der Waals surface area contributed by atoms with Gasteiger partial charge in [-0.05, 0) is 39.9 Å². The summed E-state index contributed by atoms with van der Waals surface area (Å²) >= 11 is 1.85. The van der Waals surface area contributed by atoms with E-state index >= 15 is 0 Å². The summed E-state index contributed by atoms with van der Waals surface area (Å²) in [5.74, 6) is 1.85. The molecular weight excluding hydrogens is 785 g/mol. The molecule has 0 unspecified atom stereocenters. The second-order valence-electron chi connectivity index (χ2n) is 15.7. The number of nitrogens with zero attached hydrogens (tertiary/aromatic N) is 4. The first-order valence-corrected chi connectivity index (χ1v) is 21.9. The maximum absolute atomic E-state index is 5.51. The van der Waals surface area contributed by atoms with E-state index in [4.69, 9.17) is 19.9 Å². The van der Waals surface area contributed by atoms with E-state index in [9.17, 15) is 0 Å². The van der Waals surface area contributed by atoms with Gasteiger partial charge in [0.2, 0.25) is 0 Å². The average molecular weight is 821 g/mol. The molecule has 0 spiro atoms. The molecule has 0 atom stereocenters. The molecule has 63 heavy (non-hydrogen) atoms. The van der Waals surface area contributed by atoms with Crippen molar-refractivity contribution in [1.82, 2.24) is 19.9 Å². The molecule has 0 N–H and O–H groups in total. The summed E-state index contributed by atoms with van der Waals surface area (Å²) in [7, 11) is 0. The lowest BCUT2D eigenvalue weighted by Gasteiger charge is -2.16. The molecule has 5 heteroatoms. The van der Waals surface area contributed by atoms with Gasteiger partial charge in [-0.2, -0.15) is 0 Å². The van der Waals surface area contributed by atoms with Crippen LogP contribution in [0.1, 0.15) is 0 Å². The summed E-state index contributed by atoms with van der Waals surface area (Å²) in [6.45, 7) is 0. The summed E-state index contributed by atoms with van der Waals surface area (Å²) in [6, 6.07) is 76.8. The molecule has 12 aromatic rings. The molecule has 4 nitrogen and oxygen atoms in total. The van der Waals surface area contributed by atoms with Gasteiger partial charge in [0.25, 0.3) is 0 Å². The molecule has 0 saturated heterocycles. The first-order chi connectivity index (χ1) is 31.2. The van der Waals surface area contributed by atoms with Gasteiger partial charge in [-0.3, -0.25) is 0 Å². The van der Waals surface area contributed by atoms with Gasteiger partial charge < -0.3 is 0 Å². The number of aromatic nitrogens is 4. The van der Waals surface area contributed by atoms with Gasteiger partial charge in [0.1, 0.15) is 0 Å². The maximum Gasteiger partial charge on any atom is 0.164 e. The normalized spacial score (nSPS) is 11.5. The minimum Gasteiger partial charge on any atom is -0.246 e. The smallest absolute Gasteiger partial charge is 0.164 e. The molecule has 0 aliphatic rings. The van der Waals surface area contributed by atoms with E-state index in [1.165, 1.54) is 42.2 Å². The maximum atomic E-state index is 5.51. The van der Waals surface area contributed by atoms with Crippen molar-refractivity contribution in [3.05, 3.63) is 218 Å². The number of hydrogen-bond acceptors (Lipinski definition) is 5. The van der Waals surface area contributed by atoms with Gasteiger partial charge in [-0.25, -0.2) is 19.9 Å². The highest BCUT2D eigenvalue weighted by molar-refractivity contribution is 7.26. The van der Waals surface area contributed by atoms with E-state index in [0.29, 0.717) is 17.5 Å². The quantitative estimate of drug-likeness (QED) is 0.150. The van der Waals surface area contributed by atoms with Crippen molar-refractivity contribution < 1.29 is 0 Å². The fourth-order valence-electron chi connectivity index (χ4n) is 8.93. The molecule has 0 amide bonds. The van der Waals surface area contributed by atoms with Gasteiger partial charge in [0.05, 0.1) is 11.2 Å². The molecule has 3 aromatic heterocycles. The van der Waals surface area contributed by atoms with E-state index in [1.54, 1.807) is 0 Å². The zero-order chi connectivity index (χ0) is 41.7. The van der Waals surface area contributed by atoms with Crippen molar-refractivity contribution >= 4 is 53.2 Å². The van der Waals surface area contributed by atoms with Crippen LogP contribution in [0.3, 0.4) is 0 Å². The monoisotopic (exact) mass is 820 g/mol. The predicted molar refractivity (Wildman–Crippen MR) is 264 cm³/mol. The fraction of sp³-hybridized carbons (Fsp3) is 0. The first kappa shape index (κ1) is 36.7. The molecule has 0 fully saturated rings. The summed E-state index contributed by atoms with van der Waals surface area (Å²) in [4.78, 5) is 20.9. The lowest BCUT2D eigenvalue weighted by Crippen LogP contribution is -2.00. The van der Waals surface area contributed by atoms with Gasteiger partial charge >= 0.3 is 0 Å². The molecule has 0 aliphatic carbocycles. The number of hydrogen-bond donors (Lipinski definition) is 0. The molecule has 9 aromatic carbocycles. The van der Waals surface area contributed by atoms with Gasteiger partial charge in [0.15, 0.2) is 17.5 Å². The number of para-hydroxylation sites is 1. The number of rotatable bonds is 7. The predicted octanol–water partition coefficient (Wildman–Crippen LogP) is 15.6. The van der Waals surface area contributed by atoms with Crippen molar-refractivity contribution in [3.8, 4) is 78.8 Å². The fourth-order valence-corrected chi connectivity index (χ4v) is 10.2. The summed E-state index contributed by atoms with van der Waals surface area (Å²) in [6.07, 6.45) is 0. The van der Waals surface area contributed by atoms with Crippen LogP contribution >= 0.6 is 11.3 Å². The Kier molecular flexibility index (Phi) is 8.98. The molecular formula is C58H36N4S. The van der Waals surface area contributed by atoms with Gasteiger partial charge in [0, 0.05) is 64.1 Å². The third-order valence-corrected chi connectivity index (χ3v) is 13.2. The minimum absolute atomic E-state index is 0.606. The average Bonchev–Trinajstić information content (AvgIpc) is 3.76. The Morgan fingerprint density at radius 2 is 0.762 bits per heavy atom. The van der Waals surface area contributed by atoms with Gasteiger partial charge in [-0.1, -0.05) is 206 Å². The minimum atomic E-state index is 0.606. The highest BCUT2D eigenvalue weighted by Crippen LogP contribution is 2.43. The Labute approximate surface area is 368 Å². The van der Waals surface area contributed by atoms with Crippen molar-refractivity contribution in [2.24, 2.45) is 0 Å². The van der Waals surface area contributed by atoms with E-state index in [0.717, 1.165) is 60.9 Å². The highest BCUT2D eigenvalue weighted by atomic mass is 32.1. The van der Waals surface area contributed by atoms with Crippen molar-refractivity contribution in [2.45, 2.75) is 0 Å². The van der Waals surface area contributed by atoms with Crippen molar-refractivity contribution in [2.75, 3.05) is 0 Å². The Morgan fingerprint density at radius 1 is 0.286 bits per heavy atom. The first-order valence-electron chi connectivity index (χ1n) is 21.1. The van der Waals surface area contributed by atoms with E-state index in [1.807, 2.05) is 41.7 Å². The van der Waals surface area contributed by atoms with E-state index in [2.05, 4.69) is 188 Å². The molecule has 0 saturated carbocycles. The summed E-state index contributed by atoms with van der Waals surface area (Å²) in [5, 5.41) is 6.00. The Morgan fingerprint density at radius 3 is 1.49 bits per heavy atom. The second-order valence-corrected chi connectivity index (χ2v) is 16.8. The number of pyridine rings is 1. The van der Waals surface area contributed by atoms with Crippen LogP contribution in [-0.2, 0) is 0 Å². The van der Waals surface area contributed by atoms with Crippen molar-refractivity contribution in [1.29, 1.82) is 0 Å². The Balaban J connectivity index is 0.997. The summed E-state index contributed by atoms with van der Waals surface area (Å²) in [5.41, 5.74) is 12.5. The van der Waals surface area contributed by atoms with Crippen LogP contribution in [0.5, 0.6) is 0 Å². The van der Waals surface area contributed by atoms with Crippen LogP contribution < -0.4 is 0 Å². The molecule has 0 bridgehead atoms. The molecule has 0 radical (unpaired) electrons.